The van der Waals surface area contributed by atoms with Crippen LogP contribution in [0.15, 0.2) is 24.4 Å². The molecule has 0 saturated heterocycles. The van der Waals surface area contributed by atoms with E-state index in [0.29, 0.717) is 23.0 Å². The average Bonchev–Trinajstić information content (AvgIpc) is 3.33. The van der Waals surface area contributed by atoms with Crippen molar-refractivity contribution in [1.82, 2.24) is 19.7 Å². The molecule has 0 aliphatic carbocycles. The molecule has 4 aromatic rings. The van der Waals surface area contributed by atoms with Crippen molar-refractivity contribution in [2.75, 3.05) is 12.4 Å². The van der Waals surface area contributed by atoms with Gasteiger partial charge in [-0.3, -0.25) is 4.79 Å². The number of rotatable bonds is 7. The van der Waals surface area contributed by atoms with Gasteiger partial charge in [-0.05, 0) is 43.0 Å². The highest BCUT2D eigenvalue weighted by molar-refractivity contribution is 7.15. The number of fused-ring (bicyclic) bond motifs is 1. The van der Waals surface area contributed by atoms with Crippen molar-refractivity contribution < 1.29 is 18.3 Å². The first kappa shape index (κ1) is 22.8. The number of hydrogen-bond donors (Lipinski definition) is 1. The summed E-state index contributed by atoms with van der Waals surface area (Å²) in [4.78, 5) is 22.2. The second-order valence-electron chi connectivity index (χ2n) is 7.72. The Balaban J connectivity index is 1.42. The Morgan fingerprint density at radius 1 is 1.27 bits per heavy atom. The normalized spacial score (nSPS) is 11.2. The molecule has 7 nitrogen and oxygen atoms in total. The van der Waals surface area contributed by atoms with Crippen molar-refractivity contribution >= 4 is 33.4 Å². The zero-order valence-corrected chi connectivity index (χ0v) is 19.5. The van der Waals surface area contributed by atoms with Crippen LogP contribution in [0.25, 0.3) is 11.0 Å². The van der Waals surface area contributed by atoms with Gasteiger partial charge < -0.3 is 10.1 Å². The lowest BCUT2D eigenvalue weighted by Gasteiger charge is -2.11. The first-order valence-corrected chi connectivity index (χ1v) is 11.1. The number of methoxy groups -OCH3 is 1. The van der Waals surface area contributed by atoms with E-state index in [1.165, 1.54) is 23.5 Å². The summed E-state index contributed by atoms with van der Waals surface area (Å²) in [5.41, 5.74) is 3.93. The molecular formula is C23H23F2N5O2S. The molecule has 0 radical (unpaired) electrons. The molecule has 0 saturated carbocycles. The van der Waals surface area contributed by atoms with Crippen molar-refractivity contribution in [2.45, 2.75) is 33.1 Å². The molecule has 1 amide bonds. The number of carbonyl (C=O) groups excluding carboxylic acids is 1. The van der Waals surface area contributed by atoms with E-state index in [9.17, 15) is 13.6 Å². The maximum atomic E-state index is 13.9. The summed E-state index contributed by atoms with van der Waals surface area (Å²) >= 11 is 1.26. The Morgan fingerprint density at radius 2 is 2.06 bits per heavy atom. The first-order chi connectivity index (χ1) is 15.8. The van der Waals surface area contributed by atoms with Crippen LogP contribution in [0.2, 0.25) is 0 Å². The summed E-state index contributed by atoms with van der Waals surface area (Å²) in [6, 6.07) is 3.49. The molecule has 0 aliphatic heterocycles. The summed E-state index contributed by atoms with van der Waals surface area (Å²) < 4.78 is 34.0. The van der Waals surface area contributed by atoms with Gasteiger partial charge in [0.05, 0.1) is 12.5 Å². The van der Waals surface area contributed by atoms with Gasteiger partial charge in [0, 0.05) is 42.7 Å². The van der Waals surface area contributed by atoms with Crippen molar-refractivity contribution in [3.05, 3.63) is 63.3 Å². The van der Waals surface area contributed by atoms with Gasteiger partial charge in [-0.25, -0.2) is 23.4 Å². The van der Waals surface area contributed by atoms with E-state index in [0.717, 1.165) is 38.8 Å². The van der Waals surface area contributed by atoms with Crippen LogP contribution in [0.3, 0.4) is 0 Å². The predicted molar refractivity (Wildman–Crippen MR) is 123 cm³/mol. The Kier molecular flexibility index (Phi) is 6.37. The largest absolute Gasteiger partial charge is 0.479 e. The van der Waals surface area contributed by atoms with Gasteiger partial charge in [0.2, 0.25) is 11.8 Å². The minimum absolute atomic E-state index is 0.180. The number of ether oxygens (including phenoxy) is 1. The number of nitrogens with zero attached hydrogens (tertiary/aromatic N) is 4. The van der Waals surface area contributed by atoms with Crippen LogP contribution in [0, 0.1) is 25.5 Å². The Bertz CT molecular complexity index is 1350. The lowest BCUT2D eigenvalue weighted by molar-refractivity contribution is -0.116. The molecule has 4 rings (SSSR count). The maximum Gasteiger partial charge on any atom is 0.242 e. The van der Waals surface area contributed by atoms with Crippen LogP contribution in [0.1, 0.15) is 33.7 Å². The second kappa shape index (κ2) is 9.22. The topological polar surface area (TPSA) is 81.9 Å². The highest BCUT2D eigenvalue weighted by Gasteiger charge is 2.19. The van der Waals surface area contributed by atoms with E-state index >= 15 is 0 Å². The van der Waals surface area contributed by atoms with Gasteiger partial charge in [0.15, 0.2) is 10.8 Å². The van der Waals surface area contributed by atoms with Crippen LogP contribution < -0.4 is 10.1 Å². The summed E-state index contributed by atoms with van der Waals surface area (Å²) in [7, 11) is 3.39. The molecule has 1 aromatic carbocycles. The van der Waals surface area contributed by atoms with Crippen molar-refractivity contribution in [3.63, 3.8) is 0 Å². The van der Waals surface area contributed by atoms with Crippen molar-refractivity contribution in [3.8, 4) is 5.88 Å². The fourth-order valence-electron chi connectivity index (χ4n) is 3.83. The van der Waals surface area contributed by atoms with Gasteiger partial charge in [-0.15, -0.1) is 16.4 Å². The smallest absolute Gasteiger partial charge is 0.242 e. The van der Waals surface area contributed by atoms with Crippen LogP contribution >= 0.6 is 11.3 Å². The summed E-state index contributed by atoms with van der Waals surface area (Å²) in [6.07, 6.45) is 2.61. The van der Waals surface area contributed by atoms with Crippen LogP contribution in [0.5, 0.6) is 5.88 Å². The zero-order valence-electron chi connectivity index (χ0n) is 18.7. The maximum absolute atomic E-state index is 13.9. The molecule has 1 N–H and O–H groups in total. The van der Waals surface area contributed by atoms with Crippen LogP contribution in [0.4, 0.5) is 13.9 Å². The number of nitrogens with one attached hydrogen (secondary N) is 1. The predicted octanol–water partition coefficient (Wildman–Crippen LogP) is 4.49. The van der Waals surface area contributed by atoms with Crippen molar-refractivity contribution in [1.29, 1.82) is 0 Å². The third-order valence-electron chi connectivity index (χ3n) is 5.50. The second-order valence-corrected chi connectivity index (χ2v) is 8.84. The quantitative estimate of drug-likeness (QED) is 0.430. The van der Waals surface area contributed by atoms with E-state index in [1.54, 1.807) is 18.0 Å². The summed E-state index contributed by atoms with van der Waals surface area (Å²) in [5.74, 6) is -0.886. The van der Waals surface area contributed by atoms with E-state index < -0.39 is 11.6 Å². The molecule has 0 atom stereocenters. The molecule has 3 aromatic heterocycles. The molecule has 0 fully saturated rings. The highest BCUT2D eigenvalue weighted by Crippen LogP contribution is 2.30. The number of pyridine rings is 1. The lowest BCUT2D eigenvalue weighted by atomic mass is 10.00. The number of anilines is 1. The Labute approximate surface area is 193 Å². The molecule has 33 heavy (non-hydrogen) atoms. The number of thiazole rings is 1. The van der Waals surface area contributed by atoms with Gasteiger partial charge in [0.1, 0.15) is 11.6 Å². The van der Waals surface area contributed by atoms with Gasteiger partial charge in [0.25, 0.3) is 0 Å². The van der Waals surface area contributed by atoms with E-state index in [-0.39, 0.29) is 18.7 Å². The third-order valence-corrected chi connectivity index (χ3v) is 6.41. The lowest BCUT2D eigenvalue weighted by Crippen LogP contribution is -2.13. The first-order valence-electron chi connectivity index (χ1n) is 10.3. The zero-order chi connectivity index (χ0) is 23.7. The van der Waals surface area contributed by atoms with E-state index in [2.05, 4.69) is 20.4 Å². The minimum Gasteiger partial charge on any atom is -0.479 e. The third kappa shape index (κ3) is 4.70. The number of amides is 1. The minimum atomic E-state index is -0.615. The van der Waals surface area contributed by atoms with Crippen LogP contribution in [-0.2, 0) is 24.7 Å². The Hall–Kier alpha value is -3.40. The number of aromatic nitrogens is 4. The molecule has 10 heteroatoms. The summed E-state index contributed by atoms with van der Waals surface area (Å²) in [5, 5.41) is 8.43. The molecule has 0 unspecified atom stereocenters. The van der Waals surface area contributed by atoms with E-state index in [4.69, 9.17) is 4.74 Å². The fraction of sp³-hybridized carbons (Fsp3) is 0.304. The molecular weight excluding hydrogens is 448 g/mol. The number of halogens is 2. The molecule has 0 spiro atoms. The van der Waals surface area contributed by atoms with Crippen LogP contribution in [-0.4, -0.2) is 32.8 Å². The van der Waals surface area contributed by atoms with Gasteiger partial charge >= 0.3 is 0 Å². The van der Waals surface area contributed by atoms with Gasteiger partial charge in [-0.1, -0.05) is 6.07 Å². The molecule has 0 aliphatic rings. The number of hydrogen-bond acceptors (Lipinski definition) is 6. The number of benzene rings is 1. The summed E-state index contributed by atoms with van der Waals surface area (Å²) in [6.45, 7) is 3.90. The highest BCUT2D eigenvalue weighted by atomic mass is 32.1. The average molecular weight is 472 g/mol. The molecule has 0 bridgehead atoms. The number of aryl methyl sites for hydroxylation is 3. The number of carbonyl (C=O) groups is 1. The molecule has 3 heterocycles. The standard InChI is InChI=1S/C23H23F2N5O2S/c1-12-17(13(2)27-21-20(12)22(32-4)29-30(21)3)7-8-19(31)28-23-26-11-16(33-23)9-14-5-6-15(24)10-18(14)25/h5-6,10-11H,7-9H2,1-4H3,(H,26,28,31). The van der Waals surface area contributed by atoms with E-state index in [1.807, 2.05) is 20.9 Å². The SMILES string of the molecule is COc1nn(C)c2nc(C)c(CCC(=O)Nc3ncc(Cc4ccc(F)cc4F)s3)c(C)c12. The monoisotopic (exact) mass is 471 g/mol. The van der Waals surface area contributed by atoms with Crippen molar-refractivity contribution in [2.24, 2.45) is 7.05 Å². The fourth-order valence-corrected chi connectivity index (χ4v) is 4.68. The Morgan fingerprint density at radius 3 is 2.79 bits per heavy atom. The molecule has 172 valence electrons. The van der Waals surface area contributed by atoms with Gasteiger partial charge in [-0.2, -0.15) is 0 Å².